The van der Waals surface area contributed by atoms with E-state index in [9.17, 15) is 0 Å². The fourth-order valence-corrected chi connectivity index (χ4v) is 0. The maximum absolute atomic E-state index is 8.56. The summed E-state index contributed by atoms with van der Waals surface area (Å²) in [5.74, 6) is 0. The molecular weight excluding hydrogens is 126 g/mol. The Balaban J connectivity index is -0.0000000183. The molecule has 5 nitrogen and oxygen atoms in total. The molecule has 0 rings (SSSR count). The van der Waals surface area contributed by atoms with Crippen molar-refractivity contribution in [3.8, 4) is 0 Å². The van der Waals surface area contributed by atoms with Gasteiger partial charge in [0, 0.05) is 0 Å². The van der Waals surface area contributed by atoms with Crippen LogP contribution in [0.15, 0.2) is 0 Å². The van der Waals surface area contributed by atoms with Crippen LogP contribution < -0.4 is 0 Å². The van der Waals surface area contributed by atoms with Gasteiger partial charge in [-0.25, -0.2) is 4.79 Å². The summed E-state index contributed by atoms with van der Waals surface area (Å²) in [6.07, 6.45) is -1.83. The zero-order chi connectivity index (χ0) is 5.58. The van der Waals surface area contributed by atoms with Crippen LogP contribution in [-0.4, -0.2) is 61.5 Å². The fraction of sp³-hybridized carbons (Fsp3) is 0. The van der Waals surface area contributed by atoms with Gasteiger partial charge in [-0.05, 0) is 0 Å². The summed E-state index contributed by atoms with van der Waals surface area (Å²) in [7, 11) is 0. The normalized spacial score (nSPS) is 3.62. The second-order valence-electron chi connectivity index (χ2n) is 0.283. The Morgan fingerprint density at radius 2 is 1.25 bits per heavy atom. The molecule has 0 aliphatic heterocycles. The standard InChI is InChI=1S/CH2O3.Al.Li.2H2O.3H/c2-1(3)4;;;;;;;/h(H2,2,3,4);;;2*1H2;;;/q;+1;;;;;;/p-1. The number of hydrogen-bond acceptors (Lipinski definition) is 2. The van der Waals surface area contributed by atoms with Crippen LogP contribution in [0.25, 0.3) is 0 Å². The largest absolute Gasteiger partial charge is 0.521 e. The summed E-state index contributed by atoms with van der Waals surface area (Å²) in [4.78, 5) is 8.56. The summed E-state index contributed by atoms with van der Waals surface area (Å²) in [6, 6.07) is 0. The Morgan fingerprint density at radius 1 is 1.25 bits per heavy atom. The van der Waals surface area contributed by atoms with Gasteiger partial charge < -0.3 is 19.8 Å². The van der Waals surface area contributed by atoms with Crippen molar-refractivity contribution < 1.29 is 24.6 Å². The molecule has 0 bridgehead atoms. The summed E-state index contributed by atoms with van der Waals surface area (Å²) in [5.41, 5.74) is 0. The van der Waals surface area contributed by atoms with Gasteiger partial charge in [0.15, 0.2) is 0 Å². The maximum atomic E-state index is 8.56. The van der Waals surface area contributed by atoms with Crippen LogP contribution in [0.1, 0.15) is 0 Å². The number of hydrogen-bond donors (Lipinski definition) is 3. The van der Waals surface area contributed by atoms with Gasteiger partial charge in [-0.1, -0.05) is 0 Å². The van der Waals surface area contributed by atoms with E-state index >= 15 is 0 Å². The van der Waals surface area contributed by atoms with Gasteiger partial charge in [-0.3, -0.25) is 0 Å². The van der Waals surface area contributed by atoms with E-state index in [2.05, 4.69) is 0 Å². The number of carboxylic acid groups (broad SMARTS) is 2. The van der Waals surface area contributed by atoms with Crippen molar-refractivity contribution in [2.75, 3.05) is 0 Å². The van der Waals surface area contributed by atoms with Crippen molar-refractivity contribution in [2.45, 2.75) is 0 Å². The summed E-state index contributed by atoms with van der Waals surface area (Å²) in [5, 5.41) is 13.9. The Kier molecular flexibility index (Phi) is 79.2. The molecule has 46 valence electrons. The Bertz CT molecular complexity index is 35.4. The van der Waals surface area contributed by atoms with Crippen LogP contribution in [0, 0.1) is 0 Å². The van der Waals surface area contributed by atoms with Crippen molar-refractivity contribution in [3.05, 3.63) is 0 Å². The number of carbonyl (C=O) groups is 1. The van der Waals surface area contributed by atoms with E-state index in [4.69, 9.17) is 19.2 Å². The zero-order valence-electron chi connectivity index (χ0n) is 3.75. The van der Waals surface area contributed by atoms with Gasteiger partial charge in [0.05, 0.1) is 0 Å². The molecule has 0 aromatic heterocycles. The first-order valence-corrected chi connectivity index (χ1v) is 1.99. The minimum absolute atomic E-state index is 0. The summed E-state index contributed by atoms with van der Waals surface area (Å²) in [6.45, 7) is 0. The van der Waals surface area contributed by atoms with Crippen molar-refractivity contribution in [1.29, 1.82) is 0 Å². The minimum atomic E-state index is -1.83. The molecule has 5 N–H and O–H groups in total. The third-order valence-corrected chi connectivity index (χ3v) is 0. The zero-order valence-corrected chi connectivity index (χ0v) is 5.75. The Hall–Kier alpha value is 0.320. The second kappa shape index (κ2) is 26.5. The third-order valence-electron chi connectivity index (χ3n) is 0. The van der Waals surface area contributed by atoms with Gasteiger partial charge in [0.2, 0.25) is 0 Å². The topological polar surface area (TPSA) is 109 Å². The van der Waals surface area contributed by atoms with E-state index in [1.165, 1.54) is 0 Å². The molecule has 0 aromatic rings. The van der Waals surface area contributed by atoms with Crippen molar-refractivity contribution in [2.24, 2.45) is 0 Å². The van der Waals surface area contributed by atoms with Crippen LogP contribution in [0.3, 0.4) is 0 Å². The van der Waals surface area contributed by atoms with Gasteiger partial charge in [-0.2, -0.15) is 0 Å². The predicted molar refractivity (Wildman–Crippen MR) is 32.2 cm³/mol. The molecule has 0 unspecified atom stereocenters. The first-order valence-electron chi connectivity index (χ1n) is 1.10. The molecule has 7 heteroatoms. The first kappa shape index (κ1) is 23.9. The van der Waals surface area contributed by atoms with Crippen LogP contribution >= 0.6 is 0 Å². The van der Waals surface area contributed by atoms with Gasteiger partial charge in [0.25, 0.3) is 0 Å². The molecule has 0 amide bonds. The molecule has 0 radical (unpaired) electrons. The summed E-state index contributed by atoms with van der Waals surface area (Å²) < 4.78 is 7.14. The van der Waals surface area contributed by atoms with E-state index in [0.717, 1.165) is 0 Å². The Morgan fingerprint density at radius 3 is 1.25 bits per heavy atom. The van der Waals surface area contributed by atoms with E-state index in [1.54, 1.807) is 0 Å². The minimum Gasteiger partial charge on any atom is -0.521 e. The van der Waals surface area contributed by atoms with Gasteiger partial charge >= 0.3 is 41.6 Å². The van der Waals surface area contributed by atoms with Crippen molar-refractivity contribution in [1.82, 2.24) is 0 Å². The summed E-state index contributed by atoms with van der Waals surface area (Å²) >= 11 is 0.306. The van der Waals surface area contributed by atoms with Gasteiger partial charge in [-0.15, -0.1) is 0 Å². The van der Waals surface area contributed by atoms with Crippen molar-refractivity contribution in [3.63, 3.8) is 0 Å². The average molecular weight is 134 g/mol. The maximum Gasteiger partial charge on any atom is 0.407 e. The SMILES string of the molecule is O.O=C(O)O.[LiH].[OH][AlH2]. The molecular formula is CH8AlLiO5. The molecule has 0 aliphatic carbocycles. The van der Waals surface area contributed by atoms with Crippen LogP contribution in [0.5, 0.6) is 0 Å². The third kappa shape index (κ3) is 1750. The van der Waals surface area contributed by atoms with E-state index in [0.29, 0.717) is 16.6 Å². The molecule has 0 atom stereocenters. The monoisotopic (exact) mass is 134 g/mol. The smallest absolute Gasteiger partial charge is 0.407 e. The molecule has 0 heterocycles. The van der Waals surface area contributed by atoms with Gasteiger partial charge in [0.1, 0.15) is 0 Å². The molecule has 0 aromatic carbocycles. The van der Waals surface area contributed by atoms with Crippen molar-refractivity contribution >= 4 is 41.6 Å². The molecule has 0 spiro atoms. The quantitative estimate of drug-likeness (QED) is 0.312. The molecule has 8 heavy (non-hydrogen) atoms. The molecule has 0 saturated carbocycles. The average Bonchev–Trinajstić information content (AvgIpc) is 1.41. The number of rotatable bonds is 0. The fourth-order valence-electron chi connectivity index (χ4n) is 0. The first-order chi connectivity index (χ1) is 2.73. The van der Waals surface area contributed by atoms with E-state index < -0.39 is 6.16 Å². The van der Waals surface area contributed by atoms with Crippen LogP contribution in [0.2, 0.25) is 0 Å². The van der Waals surface area contributed by atoms with E-state index in [-0.39, 0.29) is 24.3 Å². The van der Waals surface area contributed by atoms with Crippen LogP contribution in [-0.2, 0) is 0 Å². The molecule has 0 saturated heterocycles. The second-order valence-corrected chi connectivity index (χ2v) is 0.283. The predicted octanol–water partition coefficient (Wildman–Crippen LogP) is -2.72. The Labute approximate surface area is 66.6 Å². The van der Waals surface area contributed by atoms with Crippen LogP contribution in [0.4, 0.5) is 4.79 Å². The molecule has 0 fully saturated rings. The molecule has 0 aliphatic rings. The van der Waals surface area contributed by atoms with E-state index in [1.807, 2.05) is 0 Å².